The van der Waals surface area contributed by atoms with Crippen molar-refractivity contribution in [2.45, 2.75) is 31.7 Å². The average Bonchev–Trinajstić information content (AvgIpc) is 2.76. The summed E-state index contributed by atoms with van der Waals surface area (Å²) < 4.78 is 6.22. The van der Waals surface area contributed by atoms with Crippen LogP contribution in [0.3, 0.4) is 0 Å². The highest BCUT2D eigenvalue weighted by Crippen LogP contribution is 2.23. The normalized spacial score (nSPS) is 14.0. The highest BCUT2D eigenvalue weighted by atomic mass is 32.2. The number of hydrogen-bond acceptors (Lipinski definition) is 6. The smallest absolute Gasteiger partial charge is 0.328 e. The highest BCUT2D eigenvalue weighted by Gasteiger charge is 2.28. The molecular weight excluding hydrogens is 404 g/mol. The first-order valence-corrected chi connectivity index (χ1v) is 11.1. The SMILES string of the molecule is COC(=O)[C@H](CCSC)NC(=O)c1cc2c(n(-c3ccccc3)c1=O)CCCC2=O. The van der Waals surface area contributed by atoms with Gasteiger partial charge in [-0.3, -0.25) is 19.0 Å². The van der Waals surface area contributed by atoms with E-state index in [0.29, 0.717) is 48.4 Å². The Kier molecular flexibility index (Phi) is 7.10. The van der Waals surface area contributed by atoms with Gasteiger partial charge in [-0.05, 0) is 49.5 Å². The molecule has 0 bridgehead atoms. The van der Waals surface area contributed by atoms with Crippen molar-refractivity contribution in [3.63, 3.8) is 0 Å². The van der Waals surface area contributed by atoms with Crippen molar-refractivity contribution in [2.75, 3.05) is 19.1 Å². The van der Waals surface area contributed by atoms with Crippen LogP contribution in [0.4, 0.5) is 0 Å². The Morgan fingerprint density at radius 3 is 2.60 bits per heavy atom. The molecule has 0 aliphatic heterocycles. The molecule has 1 aliphatic rings. The zero-order chi connectivity index (χ0) is 21.7. The molecule has 158 valence electrons. The third-order valence-electron chi connectivity index (χ3n) is 5.08. The summed E-state index contributed by atoms with van der Waals surface area (Å²) in [7, 11) is 1.25. The first kappa shape index (κ1) is 21.8. The van der Waals surface area contributed by atoms with Gasteiger partial charge in [0, 0.05) is 23.4 Å². The van der Waals surface area contributed by atoms with E-state index in [-0.39, 0.29) is 11.3 Å². The molecule has 1 N–H and O–H groups in total. The summed E-state index contributed by atoms with van der Waals surface area (Å²) in [5, 5.41) is 2.61. The number of para-hydroxylation sites is 1. The Balaban J connectivity index is 2.07. The zero-order valence-corrected chi connectivity index (χ0v) is 17.8. The van der Waals surface area contributed by atoms with Crippen molar-refractivity contribution in [1.29, 1.82) is 0 Å². The van der Waals surface area contributed by atoms with Crippen LogP contribution in [0.15, 0.2) is 41.2 Å². The van der Waals surface area contributed by atoms with Crippen LogP contribution in [-0.2, 0) is 16.0 Å². The summed E-state index contributed by atoms with van der Waals surface area (Å²) in [6.07, 6.45) is 3.87. The van der Waals surface area contributed by atoms with Gasteiger partial charge in [0.05, 0.1) is 7.11 Å². The number of pyridine rings is 1. The number of nitrogens with one attached hydrogen (secondary N) is 1. The van der Waals surface area contributed by atoms with Crippen LogP contribution in [0, 0.1) is 0 Å². The van der Waals surface area contributed by atoms with E-state index in [1.54, 1.807) is 24.3 Å². The molecule has 2 aromatic rings. The molecule has 7 nitrogen and oxygen atoms in total. The van der Waals surface area contributed by atoms with Gasteiger partial charge in [0.25, 0.3) is 11.5 Å². The molecule has 1 heterocycles. The maximum Gasteiger partial charge on any atom is 0.328 e. The van der Waals surface area contributed by atoms with Gasteiger partial charge in [0.15, 0.2) is 5.78 Å². The summed E-state index contributed by atoms with van der Waals surface area (Å²) in [6, 6.07) is 9.44. The average molecular weight is 429 g/mol. The number of ketones is 1. The first-order valence-electron chi connectivity index (χ1n) is 9.73. The van der Waals surface area contributed by atoms with Crippen LogP contribution in [0.1, 0.15) is 45.7 Å². The minimum atomic E-state index is -0.869. The standard InChI is InChI=1S/C22H24N2O5S/c1-29-22(28)17(11-12-30-2)23-20(26)16-13-15-18(9-6-10-19(15)25)24(21(16)27)14-7-4-3-5-8-14/h3-5,7-8,13,17H,6,9-12H2,1-2H3,(H,23,26)/t17-/m0/s1. The Bertz CT molecular complexity index is 1020. The lowest BCUT2D eigenvalue weighted by atomic mass is 9.92. The highest BCUT2D eigenvalue weighted by molar-refractivity contribution is 7.98. The number of nitrogens with zero attached hydrogens (tertiary/aromatic N) is 1. The molecule has 0 fully saturated rings. The minimum Gasteiger partial charge on any atom is -0.467 e. The second-order valence-electron chi connectivity index (χ2n) is 7.00. The third kappa shape index (κ3) is 4.48. The van der Waals surface area contributed by atoms with Gasteiger partial charge >= 0.3 is 5.97 Å². The molecule has 0 saturated carbocycles. The molecule has 1 amide bonds. The first-order chi connectivity index (χ1) is 14.5. The molecule has 0 radical (unpaired) electrons. The number of thioether (sulfide) groups is 1. The van der Waals surface area contributed by atoms with Gasteiger partial charge in [-0.2, -0.15) is 11.8 Å². The summed E-state index contributed by atoms with van der Waals surface area (Å²) in [6.45, 7) is 0. The van der Waals surface area contributed by atoms with Crippen LogP contribution in [0.5, 0.6) is 0 Å². The van der Waals surface area contributed by atoms with Crippen molar-refractivity contribution in [1.82, 2.24) is 9.88 Å². The van der Waals surface area contributed by atoms with E-state index in [1.165, 1.54) is 29.5 Å². The molecule has 8 heteroatoms. The van der Waals surface area contributed by atoms with Crippen LogP contribution in [-0.4, -0.2) is 47.4 Å². The fourth-order valence-corrected chi connectivity index (χ4v) is 4.04. The number of esters is 1. The van der Waals surface area contributed by atoms with Gasteiger partial charge in [0.1, 0.15) is 11.6 Å². The molecular formula is C22H24N2O5S. The number of carbonyl (C=O) groups is 3. The van der Waals surface area contributed by atoms with E-state index < -0.39 is 23.5 Å². The Labute approximate surface area is 178 Å². The topological polar surface area (TPSA) is 94.5 Å². The lowest BCUT2D eigenvalue weighted by Gasteiger charge is -2.22. The number of methoxy groups -OCH3 is 1. The predicted octanol–water partition coefficient (Wildman–Crippen LogP) is 2.38. The molecule has 30 heavy (non-hydrogen) atoms. The number of aromatic nitrogens is 1. The van der Waals surface area contributed by atoms with Gasteiger partial charge in [-0.15, -0.1) is 0 Å². The van der Waals surface area contributed by atoms with Crippen molar-refractivity contribution in [3.05, 3.63) is 63.6 Å². The maximum atomic E-state index is 13.3. The number of rotatable bonds is 7. The van der Waals surface area contributed by atoms with Crippen LogP contribution in [0.25, 0.3) is 5.69 Å². The van der Waals surface area contributed by atoms with E-state index in [2.05, 4.69) is 5.32 Å². The lowest BCUT2D eigenvalue weighted by Crippen LogP contribution is -2.44. The fraction of sp³-hybridized carbons (Fsp3) is 0.364. The van der Waals surface area contributed by atoms with Crippen molar-refractivity contribution >= 4 is 29.4 Å². The molecule has 0 spiro atoms. The molecule has 0 unspecified atom stereocenters. The molecule has 1 aromatic carbocycles. The second-order valence-corrected chi connectivity index (χ2v) is 7.99. The second kappa shape index (κ2) is 9.75. The van der Waals surface area contributed by atoms with E-state index in [9.17, 15) is 19.2 Å². The van der Waals surface area contributed by atoms with E-state index >= 15 is 0 Å². The van der Waals surface area contributed by atoms with E-state index in [1.807, 2.05) is 12.3 Å². The summed E-state index contributed by atoms with van der Waals surface area (Å²) in [5.74, 6) is -0.726. The molecule has 0 saturated heterocycles. The van der Waals surface area contributed by atoms with Crippen LogP contribution in [0.2, 0.25) is 0 Å². The Morgan fingerprint density at radius 1 is 1.20 bits per heavy atom. The van der Waals surface area contributed by atoms with Crippen molar-refractivity contribution in [3.8, 4) is 5.69 Å². The maximum absolute atomic E-state index is 13.3. The molecule has 1 atom stereocenters. The quantitative estimate of drug-likeness (QED) is 0.681. The Morgan fingerprint density at radius 2 is 1.93 bits per heavy atom. The zero-order valence-electron chi connectivity index (χ0n) is 17.0. The predicted molar refractivity (Wildman–Crippen MR) is 116 cm³/mol. The summed E-state index contributed by atoms with van der Waals surface area (Å²) >= 11 is 1.53. The summed E-state index contributed by atoms with van der Waals surface area (Å²) in [4.78, 5) is 50.9. The van der Waals surface area contributed by atoms with Crippen LogP contribution >= 0.6 is 11.8 Å². The van der Waals surface area contributed by atoms with Crippen molar-refractivity contribution < 1.29 is 19.1 Å². The van der Waals surface area contributed by atoms with E-state index in [0.717, 1.165) is 0 Å². The van der Waals surface area contributed by atoms with Gasteiger partial charge in [-0.25, -0.2) is 4.79 Å². The van der Waals surface area contributed by atoms with Crippen LogP contribution < -0.4 is 10.9 Å². The largest absolute Gasteiger partial charge is 0.467 e. The minimum absolute atomic E-state index is 0.0955. The lowest BCUT2D eigenvalue weighted by molar-refractivity contribution is -0.142. The molecule has 3 rings (SSSR count). The monoisotopic (exact) mass is 428 g/mol. The Hall–Kier alpha value is -2.87. The summed E-state index contributed by atoms with van der Waals surface area (Å²) in [5.41, 5.74) is 0.918. The number of Topliss-reactive ketones (excluding diaryl/α,β-unsaturated/α-hetero) is 1. The number of carbonyl (C=O) groups excluding carboxylic acids is 3. The number of amides is 1. The fourth-order valence-electron chi connectivity index (χ4n) is 3.57. The number of benzene rings is 1. The molecule has 1 aromatic heterocycles. The third-order valence-corrected chi connectivity index (χ3v) is 5.73. The number of fused-ring (bicyclic) bond motifs is 1. The molecule has 1 aliphatic carbocycles. The van der Waals surface area contributed by atoms with Gasteiger partial charge in [-0.1, -0.05) is 18.2 Å². The number of hydrogen-bond donors (Lipinski definition) is 1. The number of ether oxygens (including phenoxy) is 1. The van der Waals surface area contributed by atoms with Gasteiger partial charge in [0.2, 0.25) is 0 Å². The van der Waals surface area contributed by atoms with Crippen molar-refractivity contribution in [2.24, 2.45) is 0 Å². The van der Waals surface area contributed by atoms with Gasteiger partial charge < -0.3 is 10.1 Å². The van der Waals surface area contributed by atoms with E-state index in [4.69, 9.17) is 4.74 Å².